The Balaban J connectivity index is 1.56. The second-order valence-electron chi connectivity index (χ2n) is 8.96. The third kappa shape index (κ3) is 5.79. The van der Waals surface area contributed by atoms with Gasteiger partial charge in [-0.1, -0.05) is 96.5 Å². The van der Waals surface area contributed by atoms with Crippen LogP contribution in [0.3, 0.4) is 0 Å². The Hall–Kier alpha value is -4.35. The van der Waals surface area contributed by atoms with Crippen LogP contribution in [-0.4, -0.2) is 34.2 Å². The molecule has 0 saturated heterocycles. The van der Waals surface area contributed by atoms with Crippen molar-refractivity contribution in [1.29, 1.82) is 0 Å². The Morgan fingerprint density at radius 2 is 1.53 bits per heavy atom. The van der Waals surface area contributed by atoms with Crippen LogP contribution in [0, 0.1) is 0 Å². The average molecular weight is 522 g/mol. The number of para-hydroxylation sites is 1. The molecular weight excluding hydrogens is 494 g/mol. The summed E-state index contributed by atoms with van der Waals surface area (Å²) in [6.07, 6.45) is 0.738. The minimum absolute atomic E-state index is 0.119. The van der Waals surface area contributed by atoms with Gasteiger partial charge in [0.15, 0.2) is 0 Å². The lowest BCUT2D eigenvalue weighted by Gasteiger charge is -2.23. The summed E-state index contributed by atoms with van der Waals surface area (Å²) in [6.45, 7) is 1.04. The molecule has 38 heavy (non-hydrogen) atoms. The molecule has 0 bridgehead atoms. The van der Waals surface area contributed by atoms with E-state index in [1.165, 1.54) is 5.56 Å². The molecule has 0 aliphatic carbocycles. The van der Waals surface area contributed by atoms with Crippen molar-refractivity contribution in [2.45, 2.75) is 13.0 Å². The number of rotatable bonds is 9. The maximum atomic E-state index is 14.2. The van der Waals surface area contributed by atoms with E-state index in [0.717, 1.165) is 23.3 Å². The van der Waals surface area contributed by atoms with Crippen molar-refractivity contribution in [3.63, 3.8) is 0 Å². The quantitative estimate of drug-likeness (QED) is 0.208. The molecule has 0 radical (unpaired) electrons. The van der Waals surface area contributed by atoms with Crippen molar-refractivity contribution in [3.05, 3.63) is 137 Å². The van der Waals surface area contributed by atoms with E-state index in [4.69, 9.17) is 21.4 Å². The second kappa shape index (κ2) is 11.8. The molecule has 5 nitrogen and oxygen atoms in total. The maximum absolute atomic E-state index is 14.2. The van der Waals surface area contributed by atoms with Crippen LogP contribution in [-0.2, 0) is 13.0 Å². The van der Waals surface area contributed by atoms with Gasteiger partial charge in [0.1, 0.15) is 11.4 Å². The van der Waals surface area contributed by atoms with Crippen molar-refractivity contribution in [3.8, 4) is 22.7 Å². The Labute approximate surface area is 227 Å². The molecular formula is C32H28ClN3O2. The van der Waals surface area contributed by atoms with Gasteiger partial charge in [0, 0.05) is 18.7 Å². The average Bonchev–Trinajstić information content (AvgIpc) is 3.41. The first-order valence-electron chi connectivity index (χ1n) is 12.5. The van der Waals surface area contributed by atoms with Crippen LogP contribution in [0.1, 0.15) is 21.6 Å². The summed E-state index contributed by atoms with van der Waals surface area (Å²) in [5.74, 6) is 0.600. The van der Waals surface area contributed by atoms with Crippen LogP contribution in [0.2, 0.25) is 5.02 Å². The molecule has 0 spiro atoms. The Morgan fingerprint density at radius 1 is 0.842 bits per heavy atom. The fourth-order valence-electron chi connectivity index (χ4n) is 4.39. The first-order chi connectivity index (χ1) is 18.6. The number of ether oxygens (including phenoxy) is 1. The number of amides is 1. The Bertz CT molecular complexity index is 1520. The molecule has 0 fully saturated rings. The second-order valence-corrected chi connectivity index (χ2v) is 9.37. The zero-order valence-electron chi connectivity index (χ0n) is 21.1. The van der Waals surface area contributed by atoms with E-state index >= 15 is 0 Å². The number of halogens is 1. The highest BCUT2D eigenvalue weighted by atomic mass is 35.5. The predicted molar refractivity (Wildman–Crippen MR) is 152 cm³/mol. The molecule has 5 rings (SSSR count). The first-order valence-corrected chi connectivity index (χ1v) is 12.9. The molecule has 4 aromatic carbocycles. The molecule has 190 valence electrons. The van der Waals surface area contributed by atoms with E-state index in [1.54, 1.807) is 17.9 Å². The lowest BCUT2D eigenvalue weighted by Crippen LogP contribution is -2.34. The molecule has 1 aromatic heterocycles. The van der Waals surface area contributed by atoms with Crippen molar-refractivity contribution < 1.29 is 9.53 Å². The van der Waals surface area contributed by atoms with E-state index in [2.05, 4.69) is 12.1 Å². The number of aromatic nitrogens is 2. The van der Waals surface area contributed by atoms with Gasteiger partial charge in [-0.05, 0) is 47.9 Å². The number of carbonyl (C=O) groups excluding carboxylic acids is 1. The third-order valence-corrected chi connectivity index (χ3v) is 6.71. The van der Waals surface area contributed by atoms with E-state index in [0.29, 0.717) is 35.2 Å². The monoisotopic (exact) mass is 521 g/mol. The molecule has 0 aliphatic heterocycles. The molecule has 1 heterocycles. The molecule has 6 heteroatoms. The molecule has 5 aromatic rings. The van der Waals surface area contributed by atoms with Gasteiger partial charge in [-0.2, -0.15) is 5.10 Å². The fourth-order valence-corrected chi connectivity index (χ4v) is 4.61. The van der Waals surface area contributed by atoms with E-state index in [9.17, 15) is 4.79 Å². The summed E-state index contributed by atoms with van der Waals surface area (Å²) in [5, 5.41) is 5.36. The molecule has 0 N–H and O–H groups in total. The smallest absolute Gasteiger partial charge is 0.272 e. The minimum Gasteiger partial charge on any atom is -0.497 e. The van der Waals surface area contributed by atoms with E-state index in [-0.39, 0.29) is 5.91 Å². The molecule has 0 saturated carbocycles. The third-order valence-electron chi connectivity index (χ3n) is 6.39. The summed E-state index contributed by atoms with van der Waals surface area (Å²) >= 11 is 6.58. The molecule has 0 atom stereocenters. The number of carbonyl (C=O) groups is 1. The number of benzene rings is 4. The SMILES string of the molecule is COc1cccc(-c2cc(C(=O)N(CCc3ccccc3)Cc3ccccc3)n(-c3ccccc3Cl)n2)c1. The zero-order chi connectivity index (χ0) is 26.3. The summed E-state index contributed by atoms with van der Waals surface area (Å²) < 4.78 is 7.07. The van der Waals surface area contributed by atoms with Crippen LogP contribution in [0.4, 0.5) is 0 Å². The number of methoxy groups -OCH3 is 1. The minimum atomic E-state index is -0.119. The highest BCUT2D eigenvalue weighted by Crippen LogP contribution is 2.28. The standard InChI is InChI=1S/C32H28ClN3O2/c1-38-27-16-10-15-26(21-27)29-22-31(36(34-29)30-18-9-8-17-28(30)33)32(37)35(23-25-13-6-3-7-14-25)20-19-24-11-4-2-5-12-24/h2-18,21-22H,19-20,23H2,1H3. The van der Waals surface area contributed by atoms with Crippen molar-refractivity contribution in [2.24, 2.45) is 0 Å². The van der Waals surface area contributed by atoms with Gasteiger partial charge in [0.05, 0.1) is 23.5 Å². The van der Waals surface area contributed by atoms with Gasteiger partial charge in [-0.3, -0.25) is 4.79 Å². The summed E-state index contributed by atoms with van der Waals surface area (Å²) in [6, 6.07) is 37.1. The maximum Gasteiger partial charge on any atom is 0.272 e. The largest absolute Gasteiger partial charge is 0.497 e. The molecule has 0 aliphatic rings. The highest BCUT2D eigenvalue weighted by Gasteiger charge is 2.24. The van der Waals surface area contributed by atoms with Gasteiger partial charge >= 0.3 is 0 Å². The van der Waals surface area contributed by atoms with Gasteiger partial charge in [0.25, 0.3) is 5.91 Å². The Kier molecular flexibility index (Phi) is 7.86. The predicted octanol–water partition coefficient (Wildman–Crippen LogP) is 7.09. The van der Waals surface area contributed by atoms with Crippen LogP contribution in [0.5, 0.6) is 5.75 Å². The summed E-state index contributed by atoms with van der Waals surface area (Å²) in [4.78, 5) is 16.1. The fraction of sp³-hybridized carbons (Fsp3) is 0.125. The Morgan fingerprint density at radius 3 is 2.24 bits per heavy atom. The first kappa shape index (κ1) is 25.3. The topological polar surface area (TPSA) is 47.4 Å². The van der Waals surface area contributed by atoms with E-state index < -0.39 is 0 Å². The van der Waals surface area contributed by atoms with Crippen molar-refractivity contribution in [2.75, 3.05) is 13.7 Å². The lowest BCUT2D eigenvalue weighted by atomic mass is 10.1. The molecule has 1 amide bonds. The zero-order valence-corrected chi connectivity index (χ0v) is 21.9. The number of nitrogens with zero attached hydrogens (tertiary/aromatic N) is 3. The van der Waals surface area contributed by atoms with Crippen molar-refractivity contribution in [1.82, 2.24) is 14.7 Å². The van der Waals surface area contributed by atoms with Gasteiger partial charge in [-0.15, -0.1) is 0 Å². The highest BCUT2D eigenvalue weighted by molar-refractivity contribution is 6.32. The van der Waals surface area contributed by atoms with Crippen LogP contribution < -0.4 is 4.74 Å². The normalized spacial score (nSPS) is 10.8. The number of hydrogen-bond donors (Lipinski definition) is 0. The van der Waals surface area contributed by atoms with Crippen LogP contribution in [0.15, 0.2) is 115 Å². The van der Waals surface area contributed by atoms with Gasteiger partial charge in [0.2, 0.25) is 0 Å². The summed E-state index contributed by atoms with van der Waals surface area (Å²) in [5.41, 5.74) is 4.84. The molecule has 0 unspecified atom stereocenters. The van der Waals surface area contributed by atoms with Gasteiger partial charge < -0.3 is 9.64 Å². The van der Waals surface area contributed by atoms with Crippen molar-refractivity contribution >= 4 is 17.5 Å². The summed E-state index contributed by atoms with van der Waals surface area (Å²) in [7, 11) is 1.63. The van der Waals surface area contributed by atoms with Gasteiger partial charge in [-0.25, -0.2) is 4.68 Å². The van der Waals surface area contributed by atoms with Crippen LogP contribution >= 0.6 is 11.6 Å². The van der Waals surface area contributed by atoms with E-state index in [1.807, 2.05) is 102 Å². The van der Waals surface area contributed by atoms with Crippen LogP contribution in [0.25, 0.3) is 16.9 Å². The lowest BCUT2D eigenvalue weighted by molar-refractivity contribution is 0.0736. The number of hydrogen-bond acceptors (Lipinski definition) is 3.